The number of benzene rings is 1. The van der Waals surface area contributed by atoms with Gasteiger partial charge in [0.2, 0.25) is 0 Å². The molecular formula is C19H29N3O2. The number of ether oxygens (including phenoxy) is 2. The van der Waals surface area contributed by atoms with Gasteiger partial charge in [0.05, 0.1) is 25.9 Å². The molecule has 5 heteroatoms. The van der Waals surface area contributed by atoms with E-state index in [0.29, 0.717) is 19.8 Å². The number of nitrogens with zero attached hydrogens (tertiary/aromatic N) is 2. The summed E-state index contributed by atoms with van der Waals surface area (Å²) in [5, 5.41) is 3.48. The molecule has 3 rings (SSSR count). The topological polar surface area (TPSA) is 46.1 Å². The molecule has 132 valence electrons. The molecule has 2 heterocycles. The maximum absolute atomic E-state index is 5.73. The van der Waals surface area contributed by atoms with Gasteiger partial charge in [0.1, 0.15) is 0 Å². The molecule has 1 N–H and O–H groups in total. The number of nitrogens with one attached hydrogen (secondary N) is 1. The minimum Gasteiger partial charge on any atom is -0.377 e. The summed E-state index contributed by atoms with van der Waals surface area (Å²) in [6.45, 7) is 5.06. The van der Waals surface area contributed by atoms with Crippen LogP contribution in [0, 0.1) is 0 Å². The number of rotatable bonds is 6. The van der Waals surface area contributed by atoms with Crippen molar-refractivity contribution in [1.82, 2.24) is 4.90 Å². The standard InChI is InChI=1S/C19H29N3O2/c1-3-8-17(9-4-1)21-19(22-12-5-2-6-13-22)20-11-15-23-16-18-10-7-14-24-18/h1,3-4,8-9,18H,2,5-7,10-16H2,(H,20,21). The van der Waals surface area contributed by atoms with E-state index in [9.17, 15) is 0 Å². The van der Waals surface area contributed by atoms with Crippen molar-refractivity contribution in [2.24, 2.45) is 4.99 Å². The van der Waals surface area contributed by atoms with Gasteiger partial charge in [0, 0.05) is 25.4 Å². The minimum absolute atomic E-state index is 0.290. The summed E-state index contributed by atoms with van der Waals surface area (Å²) in [5.41, 5.74) is 1.09. The molecule has 0 aliphatic carbocycles. The Morgan fingerprint density at radius 3 is 2.75 bits per heavy atom. The molecule has 0 radical (unpaired) electrons. The molecule has 0 saturated carbocycles. The van der Waals surface area contributed by atoms with E-state index >= 15 is 0 Å². The van der Waals surface area contributed by atoms with Gasteiger partial charge in [-0.1, -0.05) is 18.2 Å². The van der Waals surface area contributed by atoms with Gasteiger partial charge in [0.25, 0.3) is 0 Å². The molecule has 2 fully saturated rings. The molecule has 0 bridgehead atoms. The minimum atomic E-state index is 0.290. The summed E-state index contributed by atoms with van der Waals surface area (Å²) in [5.74, 6) is 0.974. The number of likely N-dealkylation sites (tertiary alicyclic amines) is 1. The summed E-state index contributed by atoms with van der Waals surface area (Å²) in [4.78, 5) is 7.13. The van der Waals surface area contributed by atoms with Crippen LogP contribution >= 0.6 is 0 Å². The lowest BCUT2D eigenvalue weighted by molar-refractivity contribution is 0.0199. The molecule has 1 atom stereocenters. The molecule has 0 amide bonds. The molecular weight excluding hydrogens is 302 g/mol. The van der Waals surface area contributed by atoms with E-state index in [2.05, 4.69) is 22.3 Å². The quantitative estimate of drug-likeness (QED) is 0.494. The largest absolute Gasteiger partial charge is 0.377 e. The highest BCUT2D eigenvalue weighted by Crippen LogP contribution is 2.13. The fraction of sp³-hybridized carbons (Fsp3) is 0.632. The van der Waals surface area contributed by atoms with Crippen molar-refractivity contribution in [3.05, 3.63) is 30.3 Å². The number of aliphatic imine (C=N–C) groups is 1. The summed E-state index contributed by atoms with van der Waals surface area (Å²) >= 11 is 0. The van der Waals surface area contributed by atoms with Crippen LogP contribution in [-0.2, 0) is 9.47 Å². The first kappa shape index (κ1) is 17.2. The Hall–Kier alpha value is -1.59. The van der Waals surface area contributed by atoms with E-state index in [0.717, 1.165) is 44.2 Å². The number of hydrogen-bond acceptors (Lipinski definition) is 3. The van der Waals surface area contributed by atoms with Crippen molar-refractivity contribution in [3.63, 3.8) is 0 Å². The number of guanidine groups is 1. The molecule has 0 spiro atoms. The molecule has 1 aromatic rings. The Balaban J connectivity index is 1.50. The molecule has 1 unspecified atom stereocenters. The monoisotopic (exact) mass is 331 g/mol. The van der Waals surface area contributed by atoms with Gasteiger partial charge in [-0.05, 0) is 44.2 Å². The van der Waals surface area contributed by atoms with Crippen LogP contribution in [0.4, 0.5) is 5.69 Å². The summed E-state index contributed by atoms with van der Waals surface area (Å²) in [6, 6.07) is 10.3. The molecule has 2 saturated heterocycles. The maximum atomic E-state index is 5.73. The van der Waals surface area contributed by atoms with E-state index in [1.165, 1.54) is 19.3 Å². The van der Waals surface area contributed by atoms with Gasteiger partial charge in [-0.2, -0.15) is 0 Å². The van der Waals surface area contributed by atoms with Crippen LogP contribution in [0.5, 0.6) is 0 Å². The molecule has 1 aromatic carbocycles. The molecule has 2 aliphatic rings. The fourth-order valence-corrected chi connectivity index (χ4v) is 3.18. The zero-order chi connectivity index (χ0) is 16.5. The van der Waals surface area contributed by atoms with E-state index in [-0.39, 0.29) is 6.10 Å². The first-order valence-electron chi connectivity index (χ1n) is 9.22. The highest BCUT2D eigenvalue weighted by Gasteiger charge is 2.16. The van der Waals surface area contributed by atoms with Crippen LogP contribution in [0.1, 0.15) is 32.1 Å². The normalized spacial score (nSPS) is 21.9. The lowest BCUT2D eigenvalue weighted by Gasteiger charge is -2.30. The van der Waals surface area contributed by atoms with Gasteiger partial charge in [-0.25, -0.2) is 0 Å². The SMILES string of the molecule is c1ccc(NC(=NCCOCC2CCCO2)N2CCCCC2)cc1. The van der Waals surface area contributed by atoms with Crippen LogP contribution in [-0.4, -0.2) is 56.4 Å². The van der Waals surface area contributed by atoms with Crippen molar-refractivity contribution in [2.75, 3.05) is 44.8 Å². The first-order chi connectivity index (χ1) is 11.9. The molecule has 2 aliphatic heterocycles. The van der Waals surface area contributed by atoms with Gasteiger partial charge < -0.3 is 19.7 Å². The van der Waals surface area contributed by atoms with E-state index < -0.39 is 0 Å². The number of para-hydroxylation sites is 1. The van der Waals surface area contributed by atoms with Crippen LogP contribution < -0.4 is 5.32 Å². The summed E-state index contributed by atoms with van der Waals surface area (Å²) in [6.07, 6.45) is 6.37. The third kappa shape index (κ3) is 5.49. The first-order valence-corrected chi connectivity index (χ1v) is 9.22. The fourth-order valence-electron chi connectivity index (χ4n) is 3.18. The highest BCUT2D eigenvalue weighted by molar-refractivity contribution is 5.93. The van der Waals surface area contributed by atoms with Crippen LogP contribution in [0.2, 0.25) is 0 Å². The number of hydrogen-bond donors (Lipinski definition) is 1. The smallest absolute Gasteiger partial charge is 0.198 e. The molecule has 0 aromatic heterocycles. The van der Waals surface area contributed by atoms with Crippen molar-refractivity contribution in [3.8, 4) is 0 Å². The summed E-state index contributed by atoms with van der Waals surface area (Å²) < 4.78 is 11.3. The second-order valence-corrected chi connectivity index (χ2v) is 6.45. The second-order valence-electron chi connectivity index (χ2n) is 6.45. The Labute approximate surface area is 145 Å². The Kier molecular flexibility index (Phi) is 6.93. The lowest BCUT2D eigenvalue weighted by Crippen LogP contribution is -2.40. The van der Waals surface area contributed by atoms with E-state index in [4.69, 9.17) is 14.5 Å². The maximum Gasteiger partial charge on any atom is 0.198 e. The zero-order valence-electron chi connectivity index (χ0n) is 14.5. The van der Waals surface area contributed by atoms with Crippen LogP contribution in [0.25, 0.3) is 0 Å². The van der Waals surface area contributed by atoms with Crippen molar-refractivity contribution in [1.29, 1.82) is 0 Å². The number of piperidine rings is 1. The van der Waals surface area contributed by atoms with Crippen LogP contribution in [0.15, 0.2) is 35.3 Å². The van der Waals surface area contributed by atoms with Gasteiger partial charge in [-0.15, -0.1) is 0 Å². The Morgan fingerprint density at radius 2 is 2.00 bits per heavy atom. The van der Waals surface area contributed by atoms with Gasteiger partial charge >= 0.3 is 0 Å². The molecule has 5 nitrogen and oxygen atoms in total. The third-order valence-corrected chi connectivity index (χ3v) is 4.51. The van der Waals surface area contributed by atoms with Gasteiger partial charge in [0.15, 0.2) is 5.96 Å². The average Bonchev–Trinajstić information content (AvgIpc) is 3.15. The average molecular weight is 331 g/mol. The highest BCUT2D eigenvalue weighted by atomic mass is 16.5. The van der Waals surface area contributed by atoms with Crippen molar-refractivity contribution >= 4 is 11.6 Å². The van der Waals surface area contributed by atoms with E-state index in [1.807, 2.05) is 18.2 Å². The van der Waals surface area contributed by atoms with Crippen molar-refractivity contribution < 1.29 is 9.47 Å². The Bertz CT molecular complexity index is 495. The van der Waals surface area contributed by atoms with Crippen molar-refractivity contribution in [2.45, 2.75) is 38.2 Å². The predicted molar refractivity (Wildman–Crippen MR) is 97.6 cm³/mol. The van der Waals surface area contributed by atoms with Crippen LogP contribution in [0.3, 0.4) is 0 Å². The Morgan fingerprint density at radius 1 is 1.17 bits per heavy atom. The van der Waals surface area contributed by atoms with Gasteiger partial charge in [-0.3, -0.25) is 4.99 Å². The second kappa shape index (κ2) is 9.64. The predicted octanol–water partition coefficient (Wildman–Crippen LogP) is 3.14. The van der Waals surface area contributed by atoms with E-state index in [1.54, 1.807) is 0 Å². The third-order valence-electron chi connectivity index (χ3n) is 4.51. The molecule has 24 heavy (non-hydrogen) atoms. The summed E-state index contributed by atoms with van der Waals surface area (Å²) in [7, 11) is 0. The number of anilines is 1. The zero-order valence-corrected chi connectivity index (χ0v) is 14.5. The lowest BCUT2D eigenvalue weighted by atomic mass is 10.1.